The molecule has 0 atom stereocenters. The Labute approximate surface area is 127 Å². The summed E-state index contributed by atoms with van der Waals surface area (Å²) in [5.74, 6) is 0. The van der Waals surface area contributed by atoms with Gasteiger partial charge in [-0.25, -0.2) is 0 Å². The van der Waals surface area contributed by atoms with Gasteiger partial charge >= 0.3 is 17.1 Å². The van der Waals surface area contributed by atoms with Crippen molar-refractivity contribution in [1.29, 1.82) is 0 Å². The molecule has 2 aromatic rings. The van der Waals surface area contributed by atoms with Crippen molar-refractivity contribution in [3.63, 3.8) is 0 Å². The van der Waals surface area contributed by atoms with E-state index in [9.17, 15) is 0 Å². The van der Waals surface area contributed by atoms with Crippen molar-refractivity contribution in [1.82, 2.24) is 4.98 Å². The third kappa shape index (κ3) is 5.61. The molecule has 0 amide bonds. The third-order valence-corrected chi connectivity index (χ3v) is 2.26. The number of para-hydroxylation sites is 1. The Balaban J connectivity index is 0.00000180. The normalized spacial score (nSPS) is 9.68. The zero-order valence-electron chi connectivity index (χ0n) is 9.86. The third-order valence-electron chi connectivity index (χ3n) is 2.06. The van der Waals surface area contributed by atoms with E-state index in [1.165, 1.54) is 0 Å². The number of thiol groups is 1. The first-order valence-electron chi connectivity index (χ1n) is 5.38. The Morgan fingerprint density at radius 3 is 2.58 bits per heavy atom. The molecule has 1 aromatic carbocycles. The molecule has 99 valence electrons. The molecule has 0 aliphatic rings. The second-order valence-corrected chi connectivity index (χ2v) is 3.84. The van der Waals surface area contributed by atoms with E-state index in [0.29, 0.717) is 5.11 Å². The molecule has 1 radical (unpaired) electrons. The molecule has 0 saturated heterocycles. The summed E-state index contributed by atoms with van der Waals surface area (Å²) in [6, 6.07) is 15.2. The van der Waals surface area contributed by atoms with Crippen LogP contribution in [-0.4, -0.2) is 16.3 Å². The second kappa shape index (κ2) is 8.37. The molecule has 1 heterocycles. The van der Waals surface area contributed by atoms with Crippen LogP contribution < -0.4 is 5.32 Å². The van der Waals surface area contributed by atoms with Crippen molar-refractivity contribution in [2.45, 2.75) is 0 Å². The van der Waals surface area contributed by atoms with Crippen LogP contribution in [0.5, 0.6) is 0 Å². The van der Waals surface area contributed by atoms with Gasteiger partial charge in [0.25, 0.3) is 0 Å². The molecule has 0 fully saturated rings. The Bertz CT molecular complexity index is 531. The molecule has 6 heteroatoms. The standard InChI is InChI=1S/C13H12N4S.Cu/c18-13(16-11-6-2-1-3-7-11)17-15-10-12-8-4-5-9-14-12;/h1-10H,(H2,14,16,17,18);/q;+2. The van der Waals surface area contributed by atoms with Crippen LogP contribution in [0.4, 0.5) is 5.69 Å². The minimum Gasteiger partial charge on any atom is -0.510 e. The molecule has 0 aliphatic carbocycles. The topological polar surface area (TPSA) is 51.4 Å². The number of hydrogen-bond acceptors (Lipinski definition) is 2. The predicted octanol–water partition coefficient (Wildman–Crippen LogP) is 2.27. The van der Waals surface area contributed by atoms with Crippen LogP contribution in [0.25, 0.3) is 5.43 Å². The van der Waals surface area contributed by atoms with Gasteiger partial charge in [-0.15, -0.1) is 0 Å². The monoisotopic (exact) mass is 319 g/mol. The number of rotatable bonds is 3. The predicted molar refractivity (Wildman–Crippen MR) is 79.0 cm³/mol. The van der Waals surface area contributed by atoms with E-state index in [4.69, 9.17) is 0 Å². The summed E-state index contributed by atoms with van der Waals surface area (Å²) < 4.78 is 0. The van der Waals surface area contributed by atoms with Crippen molar-refractivity contribution in [3.05, 3.63) is 65.8 Å². The smallest absolute Gasteiger partial charge is 0.510 e. The zero-order chi connectivity index (χ0) is 12.6. The van der Waals surface area contributed by atoms with Crippen molar-refractivity contribution in [2.75, 3.05) is 5.32 Å². The van der Waals surface area contributed by atoms with Gasteiger partial charge in [-0.2, -0.15) is 0 Å². The molecule has 0 aliphatic heterocycles. The Morgan fingerprint density at radius 2 is 1.89 bits per heavy atom. The van der Waals surface area contributed by atoms with Gasteiger partial charge in [0.2, 0.25) is 5.11 Å². The van der Waals surface area contributed by atoms with Gasteiger partial charge in [-0.3, -0.25) is 4.98 Å². The van der Waals surface area contributed by atoms with Gasteiger partial charge < -0.3 is 15.8 Å². The van der Waals surface area contributed by atoms with Gasteiger partial charge in [0.1, 0.15) is 0 Å². The van der Waals surface area contributed by atoms with E-state index < -0.39 is 0 Å². The fraction of sp³-hybridized carbons (Fsp3) is 0. The number of benzene rings is 1. The quantitative estimate of drug-likeness (QED) is 0.236. The summed E-state index contributed by atoms with van der Waals surface area (Å²) >= 11 is 4.19. The van der Waals surface area contributed by atoms with E-state index in [1.54, 1.807) is 12.4 Å². The fourth-order valence-electron chi connectivity index (χ4n) is 1.27. The van der Waals surface area contributed by atoms with Crippen LogP contribution in [0.3, 0.4) is 0 Å². The maximum absolute atomic E-state index is 4.19. The first-order chi connectivity index (χ1) is 8.84. The van der Waals surface area contributed by atoms with Crippen LogP contribution in [0, 0.1) is 0 Å². The maximum Gasteiger partial charge on any atom is 2.00 e. The average Bonchev–Trinajstić information content (AvgIpc) is 2.41. The van der Waals surface area contributed by atoms with Gasteiger partial charge in [-0.1, -0.05) is 24.3 Å². The van der Waals surface area contributed by atoms with Gasteiger partial charge in [0, 0.05) is 18.1 Å². The van der Waals surface area contributed by atoms with E-state index in [1.807, 2.05) is 48.5 Å². The number of aromatic nitrogens is 1. The molecule has 1 aromatic heterocycles. The molecule has 1 N–H and O–H groups in total. The minimum absolute atomic E-state index is 0. The van der Waals surface area contributed by atoms with Crippen LogP contribution in [0.15, 0.2) is 59.8 Å². The van der Waals surface area contributed by atoms with Crippen LogP contribution in [-0.2, 0) is 29.3 Å². The van der Waals surface area contributed by atoms with Gasteiger partial charge in [-0.05, 0) is 24.3 Å². The van der Waals surface area contributed by atoms with Gasteiger partial charge in [0.05, 0.1) is 5.69 Å². The maximum atomic E-state index is 4.19. The average molecular weight is 320 g/mol. The summed E-state index contributed by atoms with van der Waals surface area (Å²) in [5, 5.41) is 7.33. The van der Waals surface area contributed by atoms with Crippen molar-refractivity contribution in [2.24, 2.45) is 5.10 Å². The molecule has 4 nitrogen and oxygen atoms in total. The first kappa shape index (κ1) is 15.3. The Kier molecular flexibility index (Phi) is 6.74. The minimum atomic E-state index is 0. The van der Waals surface area contributed by atoms with Gasteiger partial charge in [0.15, 0.2) is 12.2 Å². The molecule has 2 rings (SSSR count). The molecule has 0 spiro atoms. The Morgan fingerprint density at radius 1 is 1.16 bits per heavy atom. The van der Waals surface area contributed by atoms with Crippen molar-refractivity contribution >= 4 is 29.2 Å². The molecule has 0 saturated carbocycles. The fourth-order valence-corrected chi connectivity index (χ4v) is 1.45. The van der Waals surface area contributed by atoms with Crippen LogP contribution in [0.2, 0.25) is 0 Å². The largest absolute Gasteiger partial charge is 2.00 e. The van der Waals surface area contributed by atoms with Crippen molar-refractivity contribution in [3.8, 4) is 0 Å². The number of pyridine rings is 1. The Hall–Kier alpha value is -1.75. The van der Waals surface area contributed by atoms with E-state index in [-0.39, 0.29) is 17.1 Å². The summed E-state index contributed by atoms with van der Waals surface area (Å²) in [7, 11) is 0. The SMILES string of the molecule is [Cu+2].[SH+]=C([N-]N=Cc1ccccn1)Nc1ccccc1. The molecular weight excluding hydrogens is 308 g/mol. The second-order valence-electron chi connectivity index (χ2n) is 3.41. The number of hydrogen-bond donors (Lipinski definition) is 1. The number of nitrogens with one attached hydrogen (secondary N) is 1. The van der Waals surface area contributed by atoms with E-state index >= 15 is 0 Å². The summed E-state index contributed by atoms with van der Waals surface area (Å²) in [5.41, 5.74) is 5.58. The van der Waals surface area contributed by atoms with Crippen molar-refractivity contribution < 1.29 is 17.1 Å². The number of anilines is 1. The molecule has 0 unspecified atom stereocenters. The first-order valence-corrected chi connectivity index (χ1v) is 5.82. The molecule has 0 bridgehead atoms. The van der Waals surface area contributed by atoms with Crippen LogP contribution >= 0.6 is 0 Å². The number of nitrogens with zero attached hydrogens (tertiary/aromatic N) is 3. The van der Waals surface area contributed by atoms with Crippen LogP contribution in [0.1, 0.15) is 5.69 Å². The van der Waals surface area contributed by atoms with E-state index in [2.05, 4.69) is 33.0 Å². The summed E-state index contributed by atoms with van der Waals surface area (Å²) in [6.45, 7) is 0. The molecular formula is C13H12CuN4S+2. The summed E-state index contributed by atoms with van der Waals surface area (Å²) in [4.78, 5) is 4.10. The zero-order valence-corrected chi connectivity index (χ0v) is 11.7. The molecule has 19 heavy (non-hydrogen) atoms. The summed E-state index contributed by atoms with van der Waals surface area (Å²) in [6.07, 6.45) is 3.28. The van der Waals surface area contributed by atoms with E-state index in [0.717, 1.165) is 11.4 Å².